The summed E-state index contributed by atoms with van der Waals surface area (Å²) in [6.45, 7) is 4.74. The first-order valence-electron chi connectivity index (χ1n) is 9.97. The molecule has 0 aromatic carbocycles. The zero-order valence-electron chi connectivity index (χ0n) is 15.7. The van der Waals surface area contributed by atoms with Crippen molar-refractivity contribution in [2.75, 3.05) is 32.8 Å². The van der Waals surface area contributed by atoms with E-state index in [-0.39, 0.29) is 12.0 Å². The number of carbonyl (C=O) groups is 1. The molecule has 1 aliphatic carbocycles. The van der Waals surface area contributed by atoms with Gasteiger partial charge in [0.1, 0.15) is 5.82 Å². The largest absolute Gasteiger partial charge is 0.377 e. The average Bonchev–Trinajstić information content (AvgIpc) is 3.01. The Morgan fingerprint density at radius 1 is 1.50 bits per heavy atom. The van der Waals surface area contributed by atoms with Gasteiger partial charge in [0.2, 0.25) is 5.91 Å². The van der Waals surface area contributed by atoms with E-state index in [1.165, 1.54) is 12.8 Å². The van der Waals surface area contributed by atoms with Crippen molar-refractivity contribution >= 4 is 5.91 Å². The lowest BCUT2D eigenvalue weighted by atomic mass is 9.93. The molecule has 1 aromatic heterocycles. The highest BCUT2D eigenvalue weighted by Gasteiger charge is 2.57. The minimum absolute atomic E-state index is 0.186. The minimum Gasteiger partial charge on any atom is -0.377 e. The second-order valence-corrected chi connectivity index (χ2v) is 8.07. The van der Waals surface area contributed by atoms with Gasteiger partial charge in [-0.15, -0.1) is 0 Å². The summed E-state index contributed by atoms with van der Waals surface area (Å²) in [6, 6.07) is 0.360. The van der Waals surface area contributed by atoms with E-state index < -0.39 is 0 Å². The predicted octanol–water partition coefficient (Wildman–Crippen LogP) is 0.659. The van der Waals surface area contributed by atoms with Gasteiger partial charge < -0.3 is 24.8 Å². The van der Waals surface area contributed by atoms with Crippen LogP contribution in [-0.4, -0.2) is 65.3 Å². The fourth-order valence-electron chi connectivity index (χ4n) is 4.55. The summed E-state index contributed by atoms with van der Waals surface area (Å²) < 4.78 is 7.65. The van der Waals surface area contributed by atoms with Crippen molar-refractivity contribution in [1.82, 2.24) is 25.1 Å². The first-order valence-corrected chi connectivity index (χ1v) is 9.97. The molecular weight excluding hydrogens is 330 g/mol. The number of amides is 1. The monoisotopic (exact) mass is 361 g/mol. The van der Waals surface area contributed by atoms with Crippen LogP contribution in [0.2, 0.25) is 0 Å². The van der Waals surface area contributed by atoms with Gasteiger partial charge in [-0.25, -0.2) is 4.98 Å². The molecule has 0 radical (unpaired) electrons. The molecule has 2 saturated heterocycles. The molecule has 7 nitrogen and oxygen atoms in total. The smallest absolute Gasteiger partial charge is 0.237 e. The Labute approximate surface area is 155 Å². The summed E-state index contributed by atoms with van der Waals surface area (Å²) >= 11 is 0. The standard InChI is InChI=1S/C19H31N5O2/c1-23-9-8-22-17(23)14-24(16-11-19(16)4-6-20-7-5-19)18(25)13-21-12-15-3-2-10-26-15/h8-9,15-16,20-21H,2-7,10-14H2,1H3. The van der Waals surface area contributed by atoms with Crippen molar-refractivity contribution < 1.29 is 9.53 Å². The average molecular weight is 361 g/mol. The van der Waals surface area contributed by atoms with Crippen LogP contribution < -0.4 is 10.6 Å². The number of imidazole rings is 1. The lowest BCUT2D eigenvalue weighted by molar-refractivity contribution is -0.132. The van der Waals surface area contributed by atoms with Gasteiger partial charge in [0, 0.05) is 38.6 Å². The predicted molar refractivity (Wildman–Crippen MR) is 98.5 cm³/mol. The van der Waals surface area contributed by atoms with Gasteiger partial charge in [-0.1, -0.05) is 0 Å². The summed E-state index contributed by atoms with van der Waals surface area (Å²) in [5.41, 5.74) is 0.334. The van der Waals surface area contributed by atoms with E-state index in [9.17, 15) is 4.79 Å². The fraction of sp³-hybridized carbons (Fsp3) is 0.789. The molecule has 7 heteroatoms. The number of ether oxygens (including phenoxy) is 1. The van der Waals surface area contributed by atoms with Gasteiger partial charge in [0.25, 0.3) is 0 Å². The maximum absolute atomic E-state index is 13.0. The minimum atomic E-state index is 0.186. The van der Waals surface area contributed by atoms with E-state index in [4.69, 9.17) is 4.74 Å². The highest BCUT2D eigenvalue weighted by Crippen LogP contribution is 2.56. The zero-order chi connectivity index (χ0) is 18.0. The first-order chi connectivity index (χ1) is 12.7. The van der Waals surface area contributed by atoms with E-state index in [1.54, 1.807) is 6.20 Å². The summed E-state index contributed by atoms with van der Waals surface area (Å²) in [7, 11) is 1.99. The summed E-state index contributed by atoms with van der Waals surface area (Å²) in [4.78, 5) is 19.6. The van der Waals surface area contributed by atoms with E-state index in [0.29, 0.717) is 24.5 Å². The van der Waals surface area contributed by atoms with Crippen LogP contribution in [0, 0.1) is 5.41 Å². The van der Waals surface area contributed by atoms with Crippen LogP contribution in [0.4, 0.5) is 0 Å². The van der Waals surface area contributed by atoms with Crippen molar-refractivity contribution in [3.8, 4) is 0 Å². The maximum atomic E-state index is 13.0. The summed E-state index contributed by atoms with van der Waals surface area (Å²) in [5.74, 6) is 1.14. The Morgan fingerprint density at radius 3 is 3.04 bits per heavy atom. The van der Waals surface area contributed by atoms with Crippen LogP contribution in [0.3, 0.4) is 0 Å². The molecule has 3 heterocycles. The number of aromatic nitrogens is 2. The zero-order valence-corrected chi connectivity index (χ0v) is 15.7. The lowest BCUT2D eigenvalue weighted by Crippen LogP contribution is -2.44. The molecule has 26 heavy (non-hydrogen) atoms. The molecule has 4 rings (SSSR count). The maximum Gasteiger partial charge on any atom is 0.237 e. The summed E-state index contributed by atoms with van der Waals surface area (Å²) in [6.07, 6.45) is 9.72. The molecule has 2 N–H and O–H groups in total. The van der Waals surface area contributed by atoms with Crippen LogP contribution >= 0.6 is 0 Å². The molecule has 1 spiro atoms. The molecule has 1 amide bonds. The molecule has 0 bridgehead atoms. The second kappa shape index (κ2) is 7.66. The molecular formula is C19H31N5O2. The Bertz CT molecular complexity index is 619. The molecule has 2 atom stereocenters. The number of carbonyl (C=O) groups excluding carboxylic acids is 1. The van der Waals surface area contributed by atoms with Gasteiger partial charge in [-0.05, 0) is 50.6 Å². The van der Waals surface area contributed by atoms with Gasteiger partial charge in [0.15, 0.2) is 0 Å². The number of piperidine rings is 1. The first kappa shape index (κ1) is 17.9. The van der Waals surface area contributed by atoms with Crippen molar-refractivity contribution in [3.05, 3.63) is 18.2 Å². The molecule has 2 unspecified atom stereocenters. The Kier molecular flexibility index (Phi) is 5.29. The molecule has 3 aliphatic rings. The Morgan fingerprint density at radius 2 is 2.35 bits per heavy atom. The third kappa shape index (κ3) is 3.80. The Hall–Kier alpha value is -1.44. The number of hydrogen-bond donors (Lipinski definition) is 2. The van der Waals surface area contributed by atoms with E-state index in [2.05, 4.69) is 20.5 Å². The highest BCUT2D eigenvalue weighted by molar-refractivity contribution is 5.79. The van der Waals surface area contributed by atoms with Crippen LogP contribution in [0.1, 0.15) is 37.9 Å². The van der Waals surface area contributed by atoms with Crippen LogP contribution in [0.5, 0.6) is 0 Å². The second-order valence-electron chi connectivity index (χ2n) is 8.07. The normalized spacial score (nSPS) is 27.0. The quantitative estimate of drug-likeness (QED) is 0.747. The van der Waals surface area contributed by atoms with Crippen LogP contribution in [0.15, 0.2) is 12.4 Å². The third-order valence-electron chi connectivity index (χ3n) is 6.35. The molecule has 144 valence electrons. The number of nitrogens with zero attached hydrogens (tertiary/aromatic N) is 3. The van der Waals surface area contributed by atoms with Crippen molar-refractivity contribution in [3.63, 3.8) is 0 Å². The molecule has 3 fully saturated rings. The highest BCUT2D eigenvalue weighted by atomic mass is 16.5. The van der Waals surface area contributed by atoms with Crippen LogP contribution in [-0.2, 0) is 23.1 Å². The van der Waals surface area contributed by atoms with E-state index in [1.807, 2.05) is 17.8 Å². The number of rotatable bonds is 7. The topological polar surface area (TPSA) is 71.4 Å². The van der Waals surface area contributed by atoms with E-state index >= 15 is 0 Å². The van der Waals surface area contributed by atoms with Gasteiger partial charge in [-0.2, -0.15) is 0 Å². The Balaban J connectivity index is 1.38. The van der Waals surface area contributed by atoms with Crippen molar-refractivity contribution in [2.24, 2.45) is 12.5 Å². The lowest BCUT2D eigenvalue weighted by Gasteiger charge is -2.29. The third-order valence-corrected chi connectivity index (χ3v) is 6.35. The van der Waals surface area contributed by atoms with Gasteiger partial charge >= 0.3 is 0 Å². The number of aryl methyl sites for hydroxylation is 1. The SMILES string of the molecule is Cn1ccnc1CN(C(=O)CNCC1CCCO1)C1CC12CCNCC2. The van der Waals surface area contributed by atoms with Gasteiger partial charge in [-0.3, -0.25) is 4.79 Å². The summed E-state index contributed by atoms with van der Waals surface area (Å²) in [5, 5.41) is 6.76. The van der Waals surface area contributed by atoms with Crippen molar-refractivity contribution in [1.29, 1.82) is 0 Å². The number of hydrogen-bond acceptors (Lipinski definition) is 5. The number of nitrogens with one attached hydrogen (secondary N) is 2. The van der Waals surface area contributed by atoms with Gasteiger partial charge in [0.05, 0.1) is 19.2 Å². The molecule has 1 saturated carbocycles. The van der Waals surface area contributed by atoms with E-state index in [0.717, 1.165) is 51.3 Å². The van der Waals surface area contributed by atoms with Crippen molar-refractivity contribution in [2.45, 2.75) is 50.8 Å². The van der Waals surface area contributed by atoms with Crippen LogP contribution in [0.25, 0.3) is 0 Å². The molecule has 2 aliphatic heterocycles. The fourth-order valence-corrected chi connectivity index (χ4v) is 4.55. The molecule has 1 aromatic rings.